The Balaban J connectivity index is 1.26. The highest BCUT2D eigenvalue weighted by molar-refractivity contribution is 5.92. The average molecular weight is 489 g/mol. The number of anilines is 1. The van der Waals surface area contributed by atoms with Crippen LogP contribution in [0.4, 0.5) is 19.3 Å². The van der Waals surface area contributed by atoms with Crippen molar-refractivity contribution in [2.24, 2.45) is 0 Å². The molecule has 3 aliphatic rings. The van der Waals surface area contributed by atoms with Gasteiger partial charge in [0.2, 0.25) is 11.8 Å². The zero-order valence-corrected chi connectivity index (χ0v) is 20.0. The fourth-order valence-corrected chi connectivity index (χ4v) is 4.39. The minimum atomic E-state index is -0.850. The number of carbonyl (C=O) groups is 3. The first-order chi connectivity index (χ1) is 16.6. The predicted octanol–water partition coefficient (Wildman–Crippen LogP) is 2.96. The Morgan fingerprint density at radius 1 is 1.20 bits per heavy atom. The highest BCUT2D eigenvalue weighted by Gasteiger charge is 2.35. The number of benzene rings is 1. The molecule has 1 aromatic carbocycles. The van der Waals surface area contributed by atoms with Gasteiger partial charge in [-0.3, -0.25) is 9.59 Å². The van der Waals surface area contributed by atoms with Crippen molar-refractivity contribution in [3.8, 4) is 0 Å². The van der Waals surface area contributed by atoms with Crippen molar-refractivity contribution in [2.45, 2.75) is 44.1 Å². The van der Waals surface area contributed by atoms with Crippen LogP contribution >= 0.6 is 0 Å². The van der Waals surface area contributed by atoms with Gasteiger partial charge in [-0.2, -0.15) is 0 Å². The molecule has 188 valence electrons. The lowest BCUT2D eigenvalue weighted by molar-refractivity contribution is -0.125. The van der Waals surface area contributed by atoms with Crippen LogP contribution in [0.15, 0.2) is 35.6 Å². The Morgan fingerprint density at radius 2 is 1.86 bits per heavy atom. The normalized spacial score (nSPS) is 19.6. The minimum absolute atomic E-state index is 0.0197. The molecule has 2 saturated heterocycles. The van der Waals surface area contributed by atoms with E-state index in [1.165, 1.54) is 22.6 Å². The Hall–Kier alpha value is -3.43. The lowest BCUT2D eigenvalue weighted by atomic mass is 9.88. The molecule has 2 N–H and O–H groups in total. The van der Waals surface area contributed by atoms with Gasteiger partial charge in [0.25, 0.3) is 0 Å². The van der Waals surface area contributed by atoms with E-state index >= 15 is 0 Å². The van der Waals surface area contributed by atoms with E-state index in [1.807, 2.05) is 0 Å². The van der Waals surface area contributed by atoms with E-state index in [1.54, 1.807) is 19.0 Å². The first kappa shape index (κ1) is 24.7. The number of halogens is 2. The summed E-state index contributed by atoms with van der Waals surface area (Å²) >= 11 is 0. The number of amides is 3. The predicted molar refractivity (Wildman–Crippen MR) is 126 cm³/mol. The quantitative estimate of drug-likeness (QED) is 0.576. The second kappa shape index (κ2) is 10.1. The number of nitrogens with one attached hydrogen (secondary N) is 2. The van der Waals surface area contributed by atoms with Crippen LogP contribution in [0.2, 0.25) is 0 Å². The number of hydrogen-bond donors (Lipinski definition) is 2. The summed E-state index contributed by atoms with van der Waals surface area (Å²) in [5.74, 6) is -2.93. The Labute approximate surface area is 203 Å². The summed E-state index contributed by atoms with van der Waals surface area (Å²) in [6.45, 7) is 4.42. The van der Waals surface area contributed by atoms with Gasteiger partial charge in [0.15, 0.2) is 0 Å². The zero-order valence-electron chi connectivity index (χ0n) is 20.0. The van der Waals surface area contributed by atoms with Crippen LogP contribution in [0.3, 0.4) is 0 Å². The molecule has 10 heteroatoms. The highest BCUT2D eigenvalue weighted by Crippen LogP contribution is 2.39. The summed E-state index contributed by atoms with van der Waals surface area (Å²) < 4.78 is 34.9. The fourth-order valence-electron chi connectivity index (χ4n) is 4.39. The lowest BCUT2D eigenvalue weighted by Gasteiger charge is -2.41. The van der Waals surface area contributed by atoms with Gasteiger partial charge in [0.1, 0.15) is 11.6 Å². The SMILES string of the molecule is C=C(CCOC(=O)NC1CN(c2cc(F)c(C3CCC(=C4CC4)NC3=O)c(F)c2)C1)C(=O)N(C)C. The van der Waals surface area contributed by atoms with Gasteiger partial charge in [0, 0.05) is 56.1 Å². The molecule has 8 nitrogen and oxygen atoms in total. The van der Waals surface area contributed by atoms with Gasteiger partial charge in [-0.05, 0) is 37.8 Å². The van der Waals surface area contributed by atoms with Gasteiger partial charge in [0.05, 0.1) is 18.6 Å². The number of alkyl carbamates (subject to hydrolysis) is 1. The maximum Gasteiger partial charge on any atom is 0.407 e. The van der Waals surface area contributed by atoms with E-state index in [0.717, 1.165) is 18.5 Å². The van der Waals surface area contributed by atoms with Crippen molar-refractivity contribution in [2.75, 3.05) is 38.7 Å². The van der Waals surface area contributed by atoms with E-state index < -0.39 is 23.6 Å². The first-order valence-electron chi connectivity index (χ1n) is 11.7. The zero-order chi connectivity index (χ0) is 25.3. The van der Waals surface area contributed by atoms with Gasteiger partial charge >= 0.3 is 6.09 Å². The molecular weight excluding hydrogens is 458 g/mol. The number of piperidine rings is 1. The lowest BCUT2D eigenvalue weighted by Crippen LogP contribution is -2.59. The molecule has 4 rings (SSSR count). The molecule has 2 heterocycles. The standard InChI is InChI=1S/C25H30F2N4O4/c1-14(24(33)30(2)3)8-9-35-25(34)28-16-12-31(13-16)17-10-19(26)22(20(27)11-17)18-6-7-21(15-4-5-15)29-23(18)32/h10-11,16,18H,1,4-9,12-13H2,2-3H3,(H,28,34)(H,29,32). The molecular formula is C25H30F2N4O4. The molecule has 1 aromatic rings. The monoisotopic (exact) mass is 488 g/mol. The first-order valence-corrected chi connectivity index (χ1v) is 11.7. The topological polar surface area (TPSA) is 91.0 Å². The Morgan fingerprint density at radius 3 is 2.43 bits per heavy atom. The maximum atomic E-state index is 14.9. The molecule has 1 saturated carbocycles. The van der Waals surface area contributed by atoms with Crippen molar-refractivity contribution in [1.82, 2.24) is 15.5 Å². The molecule has 3 amide bonds. The molecule has 2 aliphatic heterocycles. The Bertz CT molecular complexity index is 1070. The van der Waals surface area contributed by atoms with Gasteiger partial charge in [-0.25, -0.2) is 13.6 Å². The number of allylic oxidation sites excluding steroid dienone is 2. The van der Waals surface area contributed by atoms with Crippen molar-refractivity contribution >= 4 is 23.6 Å². The molecule has 1 unspecified atom stereocenters. The minimum Gasteiger partial charge on any atom is -0.449 e. The summed E-state index contributed by atoms with van der Waals surface area (Å²) in [5.41, 5.74) is 2.64. The van der Waals surface area contributed by atoms with E-state index in [-0.39, 0.29) is 36.4 Å². The molecule has 0 radical (unpaired) electrons. The number of ether oxygens (including phenoxy) is 1. The molecule has 0 spiro atoms. The number of rotatable bonds is 7. The fraction of sp³-hybridized carbons (Fsp3) is 0.480. The van der Waals surface area contributed by atoms with Crippen molar-refractivity contribution < 1.29 is 27.9 Å². The number of likely N-dealkylation sites (N-methyl/N-ethyl adjacent to an activating group) is 1. The molecule has 0 aromatic heterocycles. The van der Waals surface area contributed by atoms with E-state index in [4.69, 9.17) is 4.74 Å². The van der Waals surface area contributed by atoms with Gasteiger partial charge < -0.3 is 25.2 Å². The summed E-state index contributed by atoms with van der Waals surface area (Å²) in [5, 5.41) is 5.50. The summed E-state index contributed by atoms with van der Waals surface area (Å²) in [6, 6.07) is 2.24. The van der Waals surface area contributed by atoms with E-state index in [9.17, 15) is 23.2 Å². The van der Waals surface area contributed by atoms with Crippen LogP contribution in [0.5, 0.6) is 0 Å². The van der Waals surface area contributed by atoms with Crippen molar-refractivity contribution in [3.63, 3.8) is 0 Å². The average Bonchev–Trinajstić information content (AvgIpc) is 3.61. The highest BCUT2D eigenvalue weighted by atomic mass is 19.1. The largest absolute Gasteiger partial charge is 0.449 e. The van der Waals surface area contributed by atoms with Crippen LogP contribution in [0.1, 0.15) is 43.6 Å². The number of carbonyl (C=O) groups excluding carboxylic acids is 3. The van der Waals surface area contributed by atoms with Crippen LogP contribution < -0.4 is 15.5 Å². The van der Waals surface area contributed by atoms with Gasteiger partial charge in [-0.1, -0.05) is 12.2 Å². The third-order valence-electron chi connectivity index (χ3n) is 6.53. The third kappa shape index (κ3) is 5.63. The van der Waals surface area contributed by atoms with Crippen LogP contribution in [0.25, 0.3) is 0 Å². The van der Waals surface area contributed by atoms with Crippen LogP contribution in [0, 0.1) is 11.6 Å². The third-order valence-corrected chi connectivity index (χ3v) is 6.53. The van der Waals surface area contributed by atoms with E-state index in [0.29, 0.717) is 37.2 Å². The smallest absolute Gasteiger partial charge is 0.407 e. The second-order valence-electron chi connectivity index (χ2n) is 9.42. The number of nitrogens with zero attached hydrogens (tertiary/aromatic N) is 2. The molecule has 35 heavy (non-hydrogen) atoms. The summed E-state index contributed by atoms with van der Waals surface area (Å²) in [6.07, 6.45) is 2.55. The number of hydrogen-bond acceptors (Lipinski definition) is 5. The second-order valence-corrected chi connectivity index (χ2v) is 9.42. The van der Waals surface area contributed by atoms with Gasteiger partial charge in [-0.15, -0.1) is 0 Å². The Kier molecular flexibility index (Phi) is 7.09. The molecule has 3 fully saturated rings. The van der Waals surface area contributed by atoms with Crippen molar-refractivity contribution in [1.29, 1.82) is 0 Å². The molecule has 0 bridgehead atoms. The van der Waals surface area contributed by atoms with E-state index in [2.05, 4.69) is 17.2 Å². The maximum absolute atomic E-state index is 14.9. The molecule has 1 atom stereocenters. The van der Waals surface area contributed by atoms with Crippen molar-refractivity contribution in [3.05, 3.63) is 52.8 Å². The van der Waals surface area contributed by atoms with Crippen LogP contribution in [-0.2, 0) is 14.3 Å². The van der Waals surface area contributed by atoms with Crippen LogP contribution in [-0.4, -0.2) is 62.6 Å². The summed E-state index contributed by atoms with van der Waals surface area (Å²) in [7, 11) is 3.23. The molecule has 1 aliphatic carbocycles. The summed E-state index contributed by atoms with van der Waals surface area (Å²) in [4.78, 5) is 39.3.